The lowest BCUT2D eigenvalue weighted by Gasteiger charge is -2.14. The first-order valence-electron chi connectivity index (χ1n) is 6.55. The Labute approximate surface area is 126 Å². The number of H-pyrrole nitrogens is 1. The molecule has 0 aromatic carbocycles. The Morgan fingerprint density at radius 3 is 2.52 bits per heavy atom. The highest BCUT2D eigenvalue weighted by Gasteiger charge is 2.44. The third kappa shape index (κ3) is 2.39. The Balaban J connectivity index is 2.16. The van der Waals surface area contributed by atoms with Gasteiger partial charge in [-0.05, 0) is 6.07 Å². The summed E-state index contributed by atoms with van der Waals surface area (Å²) >= 11 is 0. The van der Waals surface area contributed by atoms with E-state index < -0.39 is 65.2 Å². The molecule has 0 radical (unpaired) electrons. The molecular formula is C13H11F3N2O5. The molecule has 1 saturated heterocycles. The van der Waals surface area contributed by atoms with Gasteiger partial charge in [0, 0.05) is 5.56 Å². The Morgan fingerprint density at radius 1 is 1.22 bits per heavy atom. The first kappa shape index (κ1) is 15.9. The standard InChI is InChI=1S/C13H11F3N2O5/c14-6-3-1-4(10-9(21)8(20)5(2-19)23-10)13(22)18-12(3)17-11(16)7(6)15/h1,5,8-10,19-21H,2H2,(H,17,18,22)/t5-,8?,9+,10+/m1/s1. The van der Waals surface area contributed by atoms with Crippen molar-refractivity contribution < 1.29 is 33.2 Å². The second-order valence-corrected chi connectivity index (χ2v) is 5.11. The number of hydrogen-bond acceptors (Lipinski definition) is 6. The van der Waals surface area contributed by atoms with Crippen molar-refractivity contribution in [3.8, 4) is 0 Å². The van der Waals surface area contributed by atoms with Crippen molar-refractivity contribution in [2.75, 3.05) is 6.61 Å². The highest BCUT2D eigenvalue weighted by molar-refractivity contribution is 5.76. The predicted octanol–water partition coefficient (Wildman–Crippen LogP) is -0.506. The van der Waals surface area contributed by atoms with Gasteiger partial charge in [-0.2, -0.15) is 13.8 Å². The van der Waals surface area contributed by atoms with Gasteiger partial charge in [-0.1, -0.05) is 0 Å². The Morgan fingerprint density at radius 2 is 1.91 bits per heavy atom. The van der Waals surface area contributed by atoms with Crippen LogP contribution in [0, 0.1) is 17.6 Å². The lowest BCUT2D eigenvalue weighted by Crippen LogP contribution is -2.33. The maximum Gasteiger partial charge on any atom is 0.255 e. The van der Waals surface area contributed by atoms with E-state index in [9.17, 15) is 28.2 Å². The van der Waals surface area contributed by atoms with Crippen LogP contribution in [-0.4, -0.2) is 50.2 Å². The minimum atomic E-state index is -1.81. The molecular weight excluding hydrogens is 321 g/mol. The minimum Gasteiger partial charge on any atom is -0.394 e. The van der Waals surface area contributed by atoms with Gasteiger partial charge in [-0.25, -0.2) is 4.39 Å². The maximum atomic E-state index is 13.8. The molecule has 23 heavy (non-hydrogen) atoms. The number of rotatable bonds is 2. The molecule has 10 heteroatoms. The van der Waals surface area contributed by atoms with Crippen molar-refractivity contribution >= 4 is 11.0 Å². The highest BCUT2D eigenvalue weighted by Crippen LogP contribution is 2.33. The van der Waals surface area contributed by atoms with Crippen LogP contribution in [0.2, 0.25) is 0 Å². The van der Waals surface area contributed by atoms with E-state index in [4.69, 9.17) is 9.84 Å². The highest BCUT2D eigenvalue weighted by atomic mass is 19.2. The van der Waals surface area contributed by atoms with Crippen molar-refractivity contribution in [1.29, 1.82) is 0 Å². The summed E-state index contributed by atoms with van der Waals surface area (Å²) in [5.74, 6) is -5.07. The molecule has 0 aliphatic carbocycles. The molecule has 2 aromatic heterocycles. The van der Waals surface area contributed by atoms with Gasteiger partial charge in [0.1, 0.15) is 30.1 Å². The number of aliphatic hydroxyl groups excluding tert-OH is 3. The van der Waals surface area contributed by atoms with Crippen LogP contribution in [-0.2, 0) is 4.74 Å². The maximum absolute atomic E-state index is 13.8. The van der Waals surface area contributed by atoms with E-state index in [1.54, 1.807) is 0 Å². The summed E-state index contributed by atoms with van der Waals surface area (Å²) < 4.78 is 45.3. The van der Waals surface area contributed by atoms with E-state index in [1.807, 2.05) is 0 Å². The molecule has 0 amide bonds. The minimum absolute atomic E-state index is 0.313. The summed E-state index contributed by atoms with van der Waals surface area (Å²) in [7, 11) is 0. The van der Waals surface area contributed by atoms with Gasteiger partial charge in [0.25, 0.3) is 11.5 Å². The summed E-state index contributed by atoms with van der Waals surface area (Å²) in [6.45, 7) is -0.615. The number of halogens is 3. The van der Waals surface area contributed by atoms with E-state index in [0.717, 1.165) is 6.07 Å². The number of nitrogens with one attached hydrogen (secondary N) is 1. The summed E-state index contributed by atoms with van der Waals surface area (Å²) in [4.78, 5) is 17.2. The van der Waals surface area contributed by atoms with Gasteiger partial charge in [0.2, 0.25) is 5.82 Å². The van der Waals surface area contributed by atoms with Crippen molar-refractivity contribution in [3.05, 3.63) is 39.6 Å². The van der Waals surface area contributed by atoms with Crippen LogP contribution in [0.15, 0.2) is 10.9 Å². The van der Waals surface area contributed by atoms with E-state index in [1.165, 1.54) is 0 Å². The van der Waals surface area contributed by atoms with Gasteiger partial charge >= 0.3 is 0 Å². The number of aromatic amines is 1. The Bertz CT molecular complexity index is 827. The van der Waals surface area contributed by atoms with Crippen LogP contribution < -0.4 is 5.56 Å². The van der Waals surface area contributed by atoms with Crippen molar-refractivity contribution in [3.63, 3.8) is 0 Å². The lowest BCUT2D eigenvalue weighted by molar-refractivity contribution is -0.0231. The van der Waals surface area contributed by atoms with Crippen LogP contribution in [0.25, 0.3) is 11.0 Å². The van der Waals surface area contributed by atoms with E-state index in [2.05, 4.69) is 9.97 Å². The summed E-state index contributed by atoms with van der Waals surface area (Å²) in [6.07, 6.45) is -5.54. The lowest BCUT2D eigenvalue weighted by atomic mass is 10.0. The van der Waals surface area contributed by atoms with E-state index >= 15 is 0 Å². The van der Waals surface area contributed by atoms with Gasteiger partial charge < -0.3 is 25.0 Å². The topological polar surface area (TPSA) is 116 Å². The third-order valence-electron chi connectivity index (χ3n) is 3.72. The van der Waals surface area contributed by atoms with Gasteiger partial charge in [-0.15, -0.1) is 0 Å². The SMILES string of the molecule is O=c1[nH]c2nc(F)c(F)c(F)c2cc1[C@@H]1O[C@H](CO)C(O)[C@@H]1O. The molecule has 1 fully saturated rings. The Kier molecular flexibility index (Phi) is 3.84. The molecule has 0 bridgehead atoms. The summed E-state index contributed by atoms with van der Waals surface area (Å²) in [5, 5.41) is 28.1. The van der Waals surface area contributed by atoms with Crippen LogP contribution in [0.3, 0.4) is 0 Å². The predicted molar refractivity (Wildman–Crippen MR) is 69.0 cm³/mol. The molecule has 4 N–H and O–H groups in total. The molecule has 0 spiro atoms. The number of pyridine rings is 2. The molecule has 1 aliphatic heterocycles. The average molecular weight is 332 g/mol. The van der Waals surface area contributed by atoms with Crippen LogP contribution >= 0.6 is 0 Å². The zero-order chi connectivity index (χ0) is 16.9. The quantitative estimate of drug-likeness (QED) is 0.551. The molecule has 7 nitrogen and oxygen atoms in total. The van der Waals surface area contributed by atoms with Gasteiger partial charge in [-0.3, -0.25) is 4.79 Å². The monoisotopic (exact) mass is 332 g/mol. The summed E-state index contributed by atoms with van der Waals surface area (Å²) in [6, 6.07) is 0.860. The number of aromatic nitrogens is 2. The smallest absolute Gasteiger partial charge is 0.255 e. The number of nitrogens with zero attached hydrogens (tertiary/aromatic N) is 1. The first-order valence-corrected chi connectivity index (χ1v) is 6.55. The molecule has 1 aliphatic rings. The van der Waals surface area contributed by atoms with Crippen LogP contribution in [0.1, 0.15) is 11.7 Å². The zero-order valence-corrected chi connectivity index (χ0v) is 11.3. The number of aliphatic hydroxyl groups is 3. The van der Waals surface area contributed by atoms with Crippen molar-refractivity contribution in [2.24, 2.45) is 0 Å². The molecule has 4 atom stereocenters. The zero-order valence-electron chi connectivity index (χ0n) is 11.3. The molecule has 124 valence electrons. The largest absolute Gasteiger partial charge is 0.394 e. The fourth-order valence-electron chi connectivity index (χ4n) is 2.52. The molecule has 3 rings (SSSR count). The number of hydrogen-bond donors (Lipinski definition) is 4. The van der Waals surface area contributed by atoms with Crippen molar-refractivity contribution in [1.82, 2.24) is 9.97 Å². The third-order valence-corrected chi connectivity index (χ3v) is 3.72. The molecule has 0 saturated carbocycles. The van der Waals surface area contributed by atoms with Crippen molar-refractivity contribution in [2.45, 2.75) is 24.4 Å². The second kappa shape index (κ2) is 5.57. The molecule has 3 heterocycles. The first-order chi connectivity index (χ1) is 10.8. The fourth-order valence-corrected chi connectivity index (χ4v) is 2.52. The van der Waals surface area contributed by atoms with Gasteiger partial charge in [0.15, 0.2) is 5.82 Å². The Hall–Kier alpha value is -2.01. The summed E-state index contributed by atoms with van der Waals surface area (Å²) in [5.41, 5.74) is -1.71. The normalized spacial score (nSPS) is 27.7. The van der Waals surface area contributed by atoms with E-state index in [-0.39, 0.29) is 5.56 Å². The van der Waals surface area contributed by atoms with E-state index in [0.29, 0.717) is 0 Å². The number of ether oxygens (including phenoxy) is 1. The van der Waals surface area contributed by atoms with Gasteiger partial charge in [0.05, 0.1) is 12.0 Å². The second-order valence-electron chi connectivity index (χ2n) is 5.11. The molecule has 1 unspecified atom stereocenters. The van der Waals surface area contributed by atoms with Crippen LogP contribution in [0.5, 0.6) is 0 Å². The number of fused-ring (bicyclic) bond motifs is 1. The van der Waals surface area contributed by atoms with Crippen LogP contribution in [0.4, 0.5) is 13.2 Å². The molecule has 2 aromatic rings. The fraction of sp³-hybridized carbons (Fsp3) is 0.385. The average Bonchev–Trinajstić information content (AvgIpc) is 2.80.